The molecule has 21 heavy (non-hydrogen) atoms. The Morgan fingerprint density at radius 3 is 2.71 bits per heavy atom. The standard InChI is InChI=1S/C17H27BrN2O/c1-12-11-20(8-7-16(12)21)15-9-14(18)6-5-13(15)10-19-17(2,3)4/h5-6,9,12,16,19,21H,7-8,10-11H2,1-4H3. The maximum Gasteiger partial charge on any atom is 0.0599 e. The summed E-state index contributed by atoms with van der Waals surface area (Å²) in [5, 5.41) is 13.5. The van der Waals surface area contributed by atoms with Gasteiger partial charge >= 0.3 is 0 Å². The lowest BCUT2D eigenvalue weighted by Gasteiger charge is -2.37. The first kappa shape index (κ1) is 16.8. The molecule has 0 aliphatic carbocycles. The maximum atomic E-state index is 9.93. The van der Waals surface area contributed by atoms with Crippen molar-refractivity contribution in [1.82, 2.24) is 5.32 Å². The summed E-state index contributed by atoms with van der Waals surface area (Å²) in [6.45, 7) is 11.4. The van der Waals surface area contributed by atoms with E-state index < -0.39 is 0 Å². The van der Waals surface area contributed by atoms with Gasteiger partial charge in [0, 0.05) is 35.3 Å². The Kier molecular flexibility index (Phi) is 5.33. The molecule has 2 N–H and O–H groups in total. The summed E-state index contributed by atoms with van der Waals surface area (Å²) in [5.74, 6) is 0.321. The summed E-state index contributed by atoms with van der Waals surface area (Å²) < 4.78 is 1.11. The van der Waals surface area contributed by atoms with Crippen molar-refractivity contribution in [2.45, 2.75) is 52.3 Å². The number of piperidine rings is 1. The molecule has 3 nitrogen and oxygen atoms in total. The van der Waals surface area contributed by atoms with Gasteiger partial charge in [-0.15, -0.1) is 0 Å². The van der Waals surface area contributed by atoms with Crippen LogP contribution in [-0.2, 0) is 6.54 Å². The molecule has 2 rings (SSSR count). The van der Waals surface area contributed by atoms with Crippen LogP contribution < -0.4 is 10.2 Å². The number of hydrogen-bond donors (Lipinski definition) is 2. The van der Waals surface area contributed by atoms with Crippen molar-refractivity contribution in [2.75, 3.05) is 18.0 Å². The second-order valence-corrected chi connectivity index (χ2v) is 8.07. The van der Waals surface area contributed by atoms with E-state index in [0.717, 1.165) is 30.5 Å². The zero-order valence-electron chi connectivity index (χ0n) is 13.5. The van der Waals surface area contributed by atoms with Crippen molar-refractivity contribution in [2.24, 2.45) is 5.92 Å². The quantitative estimate of drug-likeness (QED) is 0.871. The molecular weight excluding hydrogens is 328 g/mol. The Morgan fingerprint density at radius 2 is 2.10 bits per heavy atom. The molecule has 1 heterocycles. The maximum absolute atomic E-state index is 9.93. The summed E-state index contributed by atoms with van der Waals surface area (Å²) in [6, 6.07) is 6.49. The second-order valence-electron chi connectivity index (χ2n) is 7.16. The normalized spacial score (nSPS) is 23.4. The molecule has 4 heteroatoms. The smallest absolute Gasteiger partial charge is 0.0599 e. The molecule has 0 amide bonds. The largest absolute Gasteiger partial charge is 0.393 e. The third-order valence-corrected chi connectivity index (χ3v) is 4.55. The number of rotatable bonds is 3. The number of aliphatic hydroxyl groups excluding tert-OH is 1. The highest BCUT2D eigenvalue weighted by molar-refractivity contribution is 9.10. The molecule has 0 bridgehead atoms. The predicted molar refractivity (Wildman–Crippen MR) is 92.7 cm³/mol. The number of hydrogen-bond acceptors (Lipinski definition) is 3. The monoisotopic (exact) mass is 354 g/mol. The zero-order valence-corrected chi connectivity index (χ0v) is 15.1. The van der Waals surface area contributed by atoms with Crippen LogP contribution in [0.1, 0.15) is 39.7 Å². The average molecular weight is 355 g/mol. The SMILES string of the molecule is CC1CN(c2cc(Br)ccc2CNC(C)(C)C)CCC1O. The number of benzene rings is 1. The summed E-state index contributed by atoms with van der Waals surface area (Å²) >= 11 is 3.58. The van der Waals surface area contributed by atoms with E-state index in [1.807, 2.05) is 0 Å². The summed E-state index contributed by atoms with van der Waals surface area (Å²) in [7, 11) is 0. The van der Waals surface area contributed by atoms with Gasteiger partial charge in [-0.1, -0.05) is 28.9 Å². The van der Waals surface area contributed by atoms with Gasteiger partial charge < -0.3 is 15.3 Å². The fourth-order valence-corrected chi connectivity index (χ4v) is 3.04. The first-order valence-electron chi connectivity index (χ1n) is 7.73. The minimum atomic E-state index is -0.162. The van der Waals surface area contributed by atoms with E-state index in [1.165, 1.54) is 11.3 Å². The van der Waals surface area contributed by atoms with Crippen LogP contribution in [0.5, 0.6) is 0 Å². The molecule has 1 aromatic rings. The Hall–Kier alpha value is -0.580. The van der Waals surface area contributed by atoms with Gasteiger partial charge in [0.25, 0.3) is 0 Å². The van der Waals surface area contributed by atoms with Crippen molar-refractivity contribution in [3.63, 3.8) is 0 Å². The first-order chi connectivity index (χ1) is 9.76. The molecule has 2 unspecified atom stereocenters. The first-order valence-corrected chi connectivity index (χ1v) is 8.52. The molecule has 0 saturated carbocycles. The number of aliphatic hydroxyl groups is 1. The summed E-state index contributed by atoms with van der Waals surface area (Å²) in [6.07, 6.45) is 0.685. The molecule has 1 aliphatic heterocycles. The summed E-state index contributed by atoms with van der Waals surface area (Å²) in [5.41, 5.74) is 2.70. The lowest BCUT2D eigenvalue weighted by Crippen LogP contribution is -2.43. The van der Waals surface area contributed by atoms with E-state index in [-0.39, 0.29) is 11.6 Å². The Morgan fingerprint density at radius 1 is 1.38 bits per heavy atom. The van der Waals surface area contributed by atoms with Crippen LogP contribution in [0.2, 0.25) is 0 Å². The van der Waals surface area contributed by atoms with Gasteiger partial charge in [-0.3, -0.25) is 0 Å². The highest BCUT2D eigenvalue weighted by Gasteiger charge is 2.25. The van der Waals surface area contributed by atoms with Crippen LogP contribution in [0.3, 0.4) is 0 Å². The molecule has 1 aliphatic rings. The van der Waals surface area contributed by atoms with Crippen LogP contribution in [0.4, 0.5) is 5.69 Å². The molecule has 1 saturated heterocycles. The summed E-state index contributed by atoms with van der Waals surface area (Å²) in [4.78, 5) is 2.40. The lowest BCUT2D eigenvalue weighted by molar-refractivity contribution is 0.0970. The number of halogens is 1. The average Bonchev–Trinajstić information content (AvgIpc) is 2.39. The molecule has 2 atom stereocenters. The van der Waals surface area contributed by atoms with E-state index in [1.54, 1.807) is 0 Å². The highest BCUT2D eigenvalue weighted by atomic mass is 79.9. The van der Waals surface area contributed by atoms with E-state index in [9.17, 15) is 5.11 Å². The highest BCUT2D eigenvalue weighted by Crippen LogP contribution is 2.29. The third kappa shape index (κ3) is 4.70. The van der Waals surface area contributed by atoms with Crippen molar-refractivity contribution in [1.29, 1.82) is 0 Å². The Bertz CT molecular complexity index is 484. The Balaban J connectivity index is 2.19. The zero-order chi connectivity index (χ0) is 15.6. The fourth-order valence-electron chi connectivity index (χ4n) is 2.69. The third-order valence-electron chi connectivity index (χ3n) is 4.06. The molecular formula is C17H27BrN2O. The minimum absolute atomic E-state index is 0.107. The Labute approximate surface area is 136 Å². The van der Waals surface area contributed by atoms with Crippen molar-refractivity contribution in [3.05, 3.63) is 28.2 Å². The van der Waals surface area contributed by atoms with E-state index in [0.29, 0.717) is 5.92 Å². The fraction of sp³-hybridized carbons (Fsp3) is 0.647. The number of nitrogens with one attached hydrogen (secondary N) is 1. The van der Waals surface area contributed by atoms with Gasteiger partial charge in [-0.05, 0) is 50.8 Å². The van der Waals surface area contributed by atoms with Gasteiger partial charge in [0.05, 0.1) is 6.10 Å². The van der Waals surface area contributed by atoms with Crippen LogP contribution in [0.25, 0.3) is 0 Å². The van der Waals surface area contributed by atoms with E-state index in [2.05, 4.69) is 72.0 Å². The van der Waals surface area contributed by atoms with Gasteiger partial charge in [0.15, 0.2) is 0 Å². The van der Waals surface area contributed by atoms with Crippen LogP contribution >= 0.6 is 15.9 Å². The molecule has 1 fully saturated rings. The lowest BCUT2D eigenvalue weighted by atomic mass is 9.95. The van der Waals surface area contributed by atoms with Gasteiger partial charge in [-0.25, -0.2) is 0 Å². The minimum Gasteiger partial charge on any atom is -0.393 e. The van der Waals surface area contributed by atoms with E-state index >= 15 is 0 Å². The van der Waals surface area contributed by atoms with Crippen molar-refractivity contribution < 1.29 is 5.11 Å². The van der Waals surface area contributed by atoms with Crippen LogP contribution in [0.15, 0.2) is 22.7 Å². The number of anilines is 1. The predicted octanol–water partition coefficient (Wildman–Crippen LogP) is 3.54. The number of nitrogens with zero attached hydrogens (tertiary/aromatic N) is 1. The second kappa shape index (κ2) is 6.67. The van der Waals surface area contributed by atoms with Crippen LogP contribution in [-0.4, -0.2) is 29.8 Å². The van der Waals surface area contributed by atoms with Gasteiger partial charge in [0.1, 0.15) is 0 Å². The van der Waals surface area contributed by atoms with Gasteiger partial charge in [-0.2, -0.15) is 0 Å². The van der Waals surface area contributed by atoms with Gasteiger partial charge in [0.2, 0.25) is 0 Å². The molecule has 0 spiro atoms. The molecule has 0 radical (unpaired) electrons. The molecule has 118 valence electrons. The van der Waals surface area contributed by atoms with E-state index in [4.69, 9.17) is 0 Å². The molecule has 1 aromatic carbocycles. The van der Waals surface area contributed by atoms with Crippen molar-refractivity contribution >= 4 is 21.6 Å². The van der Waals surface area contributed by atoms with Crippen molar-refractivity contribution in [3.8, 4) is 0 Å². The molecule has 0 aromatic heterocycles. The topological polar surface area (TPSA) is 35.5 Å². The van der Waals surface area contributed by atoms with Crippen LogP contribution in [0, 0.1) is 5.92 Å².